The number of phenols is 1. The molecule has 0 aliphatic carbocycles. The predicted octanol–water partition coefficient (Wildman–Crippen LogP) is -7.96. The Bertz CT molecular complexity index is 2810. The molecule has 3 saturated heterocycles. The van der Waals surface area contributed by atoms with E-state index in [2.05, 4.69) is 47.5 Å². The molecule has 0 aromatic heterocycles. The van der Waals surface area contributed by atoms with Crippen molar-refractivity contribution in [2.75, 3.05) is 50.9 Å². The van der Waals surface area contributed by atoms with Crippen LogP contribution in [0.4, 0.5) is 0 Å². The Labute approximate surface area is 518 Å². The molecule has 0 saturated carbocycles. The van der Waals surface area contributed by atoms with Crippen LogP contribution >= 0.6 is 21.6 Å². The Hall–Kier alpha value is -7.90. The number of aromatic hydroxyl groups is 1. The molecule has 3 fully saturated rings. The highest BCUT2D eigenvalue weighted by atomic mass is 33.1. The molecule has 11 amide bonds. The van der Waals surface area contributed by atoms with Gasteiger partial charge in [0.1, 0.15) is 72.5 Å². The summed E-state index contributed by atoms with van der Waals surface area (Å²) in [7, 11) is 1.94. The molecule has 0 spiro atoms. The summed E-state index contributed by atoms with van der Waals surface area (Å²) in [4.78, 5) is 157. The highest BCUT2D eigenvalue weighted by Gasteiger charge is 2.45. The molecule has 2 aromatic rings. The number of nitrogens with one attached hydrogen (secondary N) is 8. The van der Waals surface area contributed by atoms with Crippen LogP contribution in [0.3, 0.4) is 0 Å². The van der Waals surface area contributed by atoms with Gasteiger partial charge in [-0.2, -0.15) is 0 Å². The zero-order valence-corrected chi connectivity index (χ0v) is 50.0. The largest absolute Gasteiger partial charge is 0.508 e. The zero-order valence-electron chi connectivity index (χ0n) is 48.4. The maximum absolute atomic E-state index is 14.8. The molecule has 23 N–H and O–H groups in total. The smallest absolute Gasteiger partial charge is 0.246 e. The number of aliphatic imine (C=N–C) groups is 1. The molecule has 5 rings (SSSR count). The minimum Gasteiger partial charge on any atom is -0.508 e. The Morgan fingerprint density at radius 3 is 1.99 bits per heavy atom. The quantitative estimate of drug-likeness (QED) is 0.0201. The molecule has 33 nitrogen and oxygen atoms in total. The van der Waals surface area contributed by atoms with Crippen molar-refractivity contribution in [1.82, 2.24) is 47.4 Å². The molecule has 89 heavy (non-hydrogen) atoms. The molecular formula is C54H79N15O18S2. The van der Waals surface area contributed by atoms with E-state index in [0.717, 1.165) is 26.5 Å². The van der Waals surface area contributed by atoms with Gasteiger partial charge in [-0.3, -0.25) is 57.7 Å². The van der Waals surface area contributed by atoms with Gasteiger partial charge in [0, 0.05) is 50.4 Å². The number of aliphatic hydroxyl groups is 4. The van der Waals surface area contributed by atoms with E-state index in [1.165, 1.54) is 24.3 Å². The number of carbonyl (C=O) groups excluding carboxylic acids is 11. The summed E-state index contributed by atoms with van der Waals surface area (Å²) in [6.07, 6.45) is -9.50. The number of nitrogens with two attached hydrogens (primary N) is 5. The third-order valence-electron chi connectivity index (χ3n) is 14.2. The van der Waals surface area contributed by atoms with Gasteiger partial charge in [0.05, 0.1) is 32.2 Å². The third kappa shape index (κ3) is 23.2. The van der Waals surface area contributed by atoms with Crippen LogP contribution in [0.5, 0.6) is 5.75 Å². The van der Waals surface area contributed by atoms with E-state index in [-0.39, 0.29) is 88.0 Å². The molecule has 490 valence electrons. The lowest BCUT2D eigenvalue weighted by atomic mass is 9.99. The van der Waals surface area contributed by atoms with E-state index in [1.807, 2.05) is 0 Å². The lowest BCUT2D eigenvalue weighted by Crippen LogP contribution is -2.61. The minimum absolute atomic E-state index is 0.0192. The second-order valence-corrected chi connectivity index (χ2v) is 23.6. The van der Waals surface area contributed by atoms with Crippen molar-refractivity contribution in [3.63, 3.8) is 0 Å². The average molecular weight is 1290 g/mol. The van der Waals surface area contributed by atoms with Crippen LogP contribution < -0.4 is 71.2 Å². The zero-order chi connectivity index (χ0) is 65.3. The molecule has 13 atom stereocenters. The van der Waals surface area contributed by atoms with Crippen LogP contribution in [0.25, 0.3) is 0 Å². The average Bonchev–Trinajstić information content (AvgIpc) is 3.03. The Morgan fingerprint density at radius 2 is 1.35 bits per heavy atom. The van der Waals surface area contributed by atoms with Crippen LogP contribution in [0, 0.1) is 0 Å². The fourth-order valence-corrected chi connectivity index (χ4v) is 11.7. The second-order valence-electron chi connectivity index (χ2n) is 21.1. The molecule has 0 radical (unpaired) electrons. The number of benzene rings is 2. The Kier molecular flexibility index (Phi) is 29.0. The second kappa shape index (κ2) is 35.9. The van der Waals surface area contributed by atoms with E-state index in [4.69, 9.17) is 38.1 Å². The monoisotopic (exact) mass is 1290 g/mol. The first-order chi connectivity index (χ1) is 42.3. The van der Waals surface area contributed by atoms with Gasteiger partial charge >= 0.3 is 0 Å². The van der Waals surface area contributed by atoms with Crippen LogP contribution in [-0.2, 0) is 75.1 Å². The molecule has 0 unspecified atom stereocenters. The van der Waals surface area contributed by atoms with Crippen LogP contribution in [0.1, 0.15) is 56.1 Å². The van der Waals surface area contributed by atoms with E-state index in [9.17, 15) is 78.3 Å². The number of nitrogens with zero attached hydrogens (tertiary/aromatic N) is 2. The maximum atomic E-state index is 14.8. The number of amides is 11. The number of ether oxygens (including phenoxy) is 2. The number of aliphatic hydroxyl groups excluding tert-OH is 4. The number of rotatable bonds is 24. The number of carbonyl (C=O) groups is 11. The van der Waals surface area contributed by atoms with E-state index in [0.29, 0.717) is 11.1 Å². The lowest BCUT2D eigenvalue weighted by Gasteiger charge is -2.39. The maximum Gasteiger partial charge on any atom is 0.246 e. The molecular weight excluding hydrogens is 1210 g/mol. The van der Waals surface area contributed by atoms with Crippen molar-refractivity contribution < 1.29 is 87.7 Å². The van der Waals surface area contributed by atoms with Crippen LogP contribution in [0.2, 0.25) is 0 Å². The summed E-state index contributed by atoms with van der Waals surface area (Å²) in [5.41, 5.74) is 29.4. The molecule has 35 heteroatoms. The van der Waals surface area contributed by atoms with Gasteiger partial charge in [0.15, 0.2) is 12.2 Å². The number of primary amides is 2. The lowest BCUT2D eigenvalue weighted by molar-refractivity contribution is -0.300. The van der Waals surface area contributed by atoms with E-state index < -0.39 is 176 Å². The van der Waals surface area contributed by atoms with Crippen molar-refractivity contribution in [3.8, 4) is 5.75 Å². The molecule has 3 aliphatic heterocycles. The van der Waals surface area contributed by atoms with Crippen molar-refractivity contribution in [1.29, 1.82) is 0 Å². The highest BCUT2D eigenvalue weighted by molar-refractivity contribution is 8.76. The van der Waals surface area contributed by atoms with Gasteiger partial charge in [-0.1, -0.05) is 64.1 Å². The molecule has 2 aromatic carbocycles. The van der Waals surface area contributed by atoms with Gasteiger partial charge in [-0.25, -0.2) is 0 Å². The highest BCUT2D eigenvalue weighted by Crippen LogP contribution is 2.27. The van der Waals surface area contributed by atoms with Gasteiger partial charge in [0.25, 0.3) is 0 Å². The van der Waals surface area contributed by atoms with Gasteiger partial charge < -0.3 is 111 Å². The SMILES string of the molecule is NC(=O)CC[C@@H]1NC(=O)[C@H](Cc2ccccc2)NC(=O)[C@H](Cc2ccc(O)cc2)NC(=O)[C@@H](N)CSSC[C@@H](C(=O)N2CCC[C@H]2C(=O)N[C@@H](CCCN=C(N)N)C(=O)NCC(=O)NCCO[C@@H]2O[C@H](CO)[C@@H](O)[C@H](O)[C@H]2O)NC(=O)[C@H](CC(N)=O)NC1=O. The number of guanidine groups is 1. The summed E-state index contributed by atoms with van der Waals surface area (Å²) < 4.78 is 10.6. The van der Waals surface area contributed by atoms with Crippen LogP contribution in [0.15, 0.2) is 59.6 Å². The van der Waals surface area contributed by atoms with E-state index >= 15 is 0 Å². The normalized spacial score (nSPS) is 26.1. The summed E-state index contributed by atoms with van der Waals surface area (Å²) in [6, 6.07) is 2.26. The summed E-state index contributed by atoms with van der Waals surface area (Å²) >= 11 is 0. The number of hydrogen-bond acceptors (Lipinski definition) is 22. The summed E-state index contributed by atoms with van der Waals surface area (Å²) in [5, 5.41) is 69.9. The summed E-state index contributed by atoms with van der Waals surface area (Å²) in [5.74, 6) is -10.9. The standard InChI is InChI=1S/C54H79N15O18S2/c55-30-25-88-89-26-36(52(85)69-18-5-9-37(69)51(84)64-31(8-4-16-61-54(58)59)46(79)62-23-41(74)60-17-19-86-53-44(77)43(76)42(75)38(24-70)87-53)68-50(83)35(22-40(57)73)67-47(80)32(14-15-39(56)72)63-48(81)34(20-27-6-2-1-3-7-27)66-49(82)33(65-45(30)78)21-28-10-12-29(71)13-11-28/h1-3,6-7,10-13,30-38,42-44,53,70-71,75-77H,4-5,8-9,14-26,55H2,(H2,56,72)(H2,57,73)(H,60,74)(H,62,79)(H,63,81)(H,64,84)(H,65,78)(H,66,82)(H,67,80)(H,68,83)(H4,58,59,61)/t30-,31-,32-,33-,34-,35-,36-,37-,38+,42+,43-,44+,53+/m0/s1. The minimum atomic E-state index is -1.84. The molecule has 3 aliphatic rings. The van der Waals surface area contributed by atoms with Gasteiger partial charge in [0.2, 0.25) is 65.0 Å². The van der Waals surface area contributed by atoms with Crippen molar-refractivity contribution in [2.24, 2.45) is 33.7 Å². The first-order valence-corrected chi connectivity index (χ1v) is 30.9. The molecule has 0 bridgehead atoms. The number of phenolic OH excluding ortho intramolecular Hbond substituents is 1. The summed E-state index contributed by atoms with van der Waals surface area (Å²) in [6.45, 7) is -1.83. The fourth-order valence-electron chi connectivity index (χ4n) is 9.43. The van der Waals surface area contributed by atoms with Crippen molar-refractivity contribution >= 4 is 92.5 Å². The fraction of sp³-hybridized carbons (Fsp3) is 0.556. The number of hydrogen-bond donors (Lipinski definition) is 18. The topological polar surface area (TPSA) is 549 Å². The predicted molar refractivity (Wildman–Crippen MR) is 319 cm³/mol. The van der Waals surface area contributed by atoms with Crippen LogP contribution in [-0.4, -0.2) is 231 Å². The van der Waals surface area contributed by atoms with E-state index in [1.54, 1.807) is 30.3 Å². The molecule has 3 heterocycles. The van der Waals surface area contributed by atoms with Gasteiger partial charge in [-0.15, -0.1) is 0 Å². The van der Waals surface area contributed by atoms with Crippen molar-refractivity contribution in [2.45, 2.75) is 137 Å². The van der Waals surface area contributed by atoms with Crippen molar-refractivity contribution in [3.05, 3.63) is 65.7 Å². The third-order valence-corrected chi connectivity index (χ3v) is 16.6. The number of likely N-dealkylation sites (tertiary alicyclic amines) is 1. The Balaban J connectivity index is 1.37. The first kappa shape index (κ1) is 71.8. The van der Waals surface area contributed by atoms with Gasteiger partial charge in [-0.05, 0) is 55.4 Å². The Morgan fingerprint density at radius 1 is 0.742 bits per heavy atom. The first-order valence-electron chi connectivity index (χ1n) is 28.4.